The molecule has 7 nitrogen and oxygen atoms in total. The number of nitrogens with one attached hydrogen (secondary N) is 1. The van der Waals surface area contributed by atoms with E-state index in [1.54, 1.807) is 13.0 Å². The Morgan fingerprint density at radius 1 is 0.902 bits per heavy atom. The molecule has 0 heterocycles. The van der Waals surface area contributed by atoms with Crippen LogP contribution in [0.4, 0.5) is 18.9 Å². The van der Waals surface area contributed by atoms with Crippen molar-refractivity contribution in [1.29, 1.82) is 0 Å². The van der Waals surface area contributed by atoms with Crippen LogP contribution in [0.25, 0.3) is 0 Å². The fourth-order valence-corrected chi connectivity index (χ4v) is 5.55. The van der Waals surface area contributed by atoms with E-state index < -0.39 is 46.2 Å². The summed E-state index contributed by atoms with van der Waals surface area (Å²) in [4.78, 5) is 27.9. The summed E-state index contributed by atoms with van der Waals surface area (Å²) >= 11 is 0. The molecule has 2 atom stereocenters. The minimum Gasteiger partial charge on any atom is -0.352 e. The van der Waals surface area contributed by atoms with Crippen LogP contribution in [0.3, 0.4) is 0 Å². The SMILES string of the molecule is CC[C@@H](C)NC(=O)[C@@H](C)N(CCc1ccccc1)C(=O)CN(c1cccc(C(F)(F)F)c1)S(=O)(=O)c1ccccc1. The summed E-state index contributed by atoms with van der Waals surface area (Å²) in [5.41, 5.74) is -0.485. The average Bonchev–Trinajstić information content (AvgIpc) is 2.96. The minimum atomic E-state index is -4.73. The predicted octanol–water partition coefficient (Wildman–Crippen LogP) is 5.28. The summed E-state index contributed by atoms with van der Waals surface area (Å²) in [6.45, 7) is 4.53. The van der Waals surface area contributed by atoms with Crippen LogP contribution in [0.15, 0.2) is 89.8 Å². The number of rotatable bonds is 12. The second kappa shape index (κ2) is 13.7. The smallest absolute Gasteiger partial charge is 0.352 e. The molecule has 0 aromatic heterocycles. The van der Waals surface area contributed by atoms with Crippen LogP contribution < -0.4 is 9.62 Å². The van der Waals surface area contributed by atoms with Gasteiger partial charge in [-0.1, -0.05) is 61.5 Å². The highest BCUT2D eigenvalue weighted by Gasteiger charge is 2.35. The molecule has 3 aromatic carbocycles. The van der Waals surface area contributed by atoms with Gasteiger partial charge in [-0.05, 0) is 62.6 Å². The number of halogens is 3. The quantitative estimate of drug-likeness (QED) is 0.312. The minimum absolute atomic E-state index is 0.0831. The third-order valence-electron chi connectivity index (χ3n) is 6.72. The Balaban J connectivity index is 2.02. The molecule has 0 saturated heterocycles. The van der Waals surface area contributed by atoms with Crippen molar-refractivity contribution >= 4 is 27.5 Å². The van der Waals surface area contributed by atoms with E-state index >= 15 is 0 Å². The second-order valence-electron chi connectivity index (χ2n) is 9.69. The summed E-state index contributed by atoms with van der Waals surface area (Å²) in [7, 11) is -4.46. The van der Waals surface area contributed by atoms with E-state index in [1.807, 2.05) is 44.2 Å². The zero-order valence-corrected chi connectivity index (χ0v) is 24.0. The molecular weight excluding hydrogens is 555 g/mol. The number of anilines is 1. The van der Waals surface area contributed by atoms with Crippen molar-refractivity contribution < 1.29 is 31.2 Å². The molecule has 0 bridgehead atoms. The Bertz CT molecular complexity index is 1420. The van der Waals surface area contributed by atoms with Crippen molar-refractivity contribution in [3.05, 3.63) is 96.1 Å². The largest absolute Gasteiger partial charge is 0.416 e. The molecule has 41 heavy (non-hydrogen) atoms. The van der Waals surface area contributed by atoms with E-state index in [4.69, 9.17) is 0 Å². The number of carbonyl (C=O) groups excluding carboxylic acids is 2. The van der Waals surface area contributed by atoms with Gasteiger partial charge in [0.15, 0.2) is 0 Å². The third kappa shape index (κ3) is 8.32. The maximum Gasteiger partial charge on any atom is 0.416 e. The van der Waals surface area contributed by atoms with Crippen LogP contribution >= 0.6 is 0 Å². The van der Waals surface area contributed by atoms with Crippen molar-refractivity contribution in [3.8, 4) is 0 Å². The molecule has 2 amide bonds. The number of benzene rings is 3. The fraction of sp³-hybridized carbons (Fsp3) is 0.333. The first-order valence-corrected chi connectivity index (χ1v) is 14.7. The number of amides is 2. The Morgan fingerprint density at radius 2 is 1.51 bits per heavy atom. The maximum absolute atomic E-state index is 13.8. The molecule has 0 spiro atoms. The highest BCUT2D eigenvalue weighted by molar-refractivity contribution is 7.92. The lowest BCUT2D eigenvalue weighted by Gasteiger charge is -2.32. The lowest BCUT2D eigenvalue weighted by atomic mass is 10.1. The first-order valence-electron chi connectivity index (χ1n) is 13.2. The predicted molar refractivity (Wildman–Crippen MR) is 152 cm³/mol. The zero-order valence-electron chi connectivity index (χ0n) is 23.1. The lowest BCUT2D eigenvalue weighted by Crippen LogP contribution is -2.53. The van der Waals surface area contributed by atoms with Gasteiger partial charge in [-0.15, -0.1) is 0 Å². The molecular formula is C30H34F3N3O4S. The van der Waals surface area contributed by atoms with Crippen LogP contribution in [0.1, 0.15) is 38.3 Å². The van der Waals surface area contributed by atoms with Gasteiger partial charge in [-0.3, -0.25) is 13.9 Å². The van der Waals surface area contributed by atoms with E-state index in [-0.39, 0.29) is 23.2 Å². The van der Waals surface area contributed by atoms with E-state index in [2.05, 4.69) is 5.32 Å². The Morgan fingerprint density at radius 3 is 2.10 bits per heavy atom. The number of alkyl halides is 3. The molecule has 0 saturated carbocycles. The molecule has 0 aliphatic heterocycles. The third-order valence-corrected chi connectivity index (χ3v) is 8.51. The number of carbonyl (C=O) groups is 2. The highest BCUT2D eigenvalue weighted by atomic mass is 32.2. The first-order chi connectivity index (χ1) is 19.3. The van der Waals surface area contributed by atoms with Crippen molar-refractivity contribution in [3.63, 3.8) is 0 Å². The Labute approximate surface area is 239 Å². The summed E-state index contributed by atoms with van der Waals surface area (Å²) in [6, 6.07) is 19.1. The second-order valence-corrected chi connectivity index (χ2v) is 11.6. The standard InChI is InChI=1S/C30H34F3N3O4S/c1-4-22(2)34-29(38)23(3)35(19-18-24-12-7-5-8-13-24)28(37)21-36(41(39,40)27-16-9-6-10-17-27)26-15-11-14-25(20-26)30(31,32)33/h5-17,20,22-23H,4,18-19,21H2,1-3H3,(H,34,38)/t22-,23-/m1/s1. The number of nitrogens with zero attached hydrogens (tertiary/aromatic N) is 2. The van der Waals surface area contributed by atoms with Crippen molar-refractivity contribution in [2.45, 2.75) is 56.8 Å². The Hall–Kier alpha value is -3.86. The highest BCUT2D eigenvalue weighted by Crippen LogP contribution is 2.33. The molecule has 0 radical (unpaired) electrons. The van der Waals surface area contributed by atoms with Crippen LogP contribution in [-0.4, -0.2) is 50.3 Å². The van der Waals surface area contributed by atoms with Crippen LogP contribution in [0, 0.1) is 0 Å². The van der Waals surface area contributed by atoms with Crippen molar-refractivity contribution in [2.75, 3.05) is 17.4 Å². The molecule has 0 aliphatic carbocycles. The Kier molecular flexibility index (Phi) is 10.6. The van der Waals surface area contributed by atoms with Gasteiger partial charge in [0.1, 0.15) is 12.6 Å². The van der Waals surface area contributed by atoms with Gasteiger partial charge >= 0.3 is 6.18 Å². The van der Waals surface area contributed by atoms with Gasteiger partial charge in [0, 0.05) is 12.6 Å². The molecule has 0 fully saturated rings. The van der Waals surface area contributed by atoms with Gasteiger partial charge in [0.05, 0.1) is 16.1 Å². The molecule has 220 valence electrons. The average molecular weight is 590 g/mol. The van der Waals surface area contributed by atoms with Crippen molar-refractivity contribution in [2.24, 2.45) is 0 Å². The molecule has 3 aromatic rings. The maximum atomic E-state index is 13.8. The normalized spacial score (nSPS) is 13.2. The van der Waals surface area contributed by atoms with E-state index in [9.17, 15) is 31.2 Å². The summed E-state index contributed by atoms with van der Waals surface area (Å²) in [6.07, 6.45) is -3.69. The number of hydrogen-bond acceptors (Lipinski definition) is 4. The first kappa shape index (κ1) is 31.7. The van der Waals surface area contributed by atoms with E-state index in [0.717, 1.165) is 17.7 Å². The molecule has 11 heteroatoms. The van der Waals surface area contributed by atoms with Crippen molar-refractivity contribution in [1.82, 2.24) is 10.2 Å². The monoisotopic (exact) mass is 589 g/mol. The van der Waals surface area contributed by atoms with Crippen LogP contribution in [0.5, 0.6) is 0 Å². The van der Waals surface area contributed by atoms with E-state index in [1.165, 1.54) is 35.2 Å². The van der Waals surface area contributed by atoms with Crippen LogP contribution in [-0.2, 0) is 32.2 Å². The summed E-state index contributed by atoms with van der Waals surface area (Å²) < 4.78 is 68.7. The topological polar surface area (TPSA) is 86.8 Å². The van der Waals surface area contributed by atoms with E-state index in [0.29, 0.717) is 23.2 Å². The van der Waals surface area contributed by atoms with Gasteiger partial charge in [0.25, 0.3) is 10.0 Å². The molecule has 0 aliphatic rings. The van der Waals surface area contributed by atoms with Gasteiger partial charge in [-0.25, -0.2) is 8.42 Å². The number of hydrogen-bond donors (Lipinski definition) is 1. The summed E-state index contributed by atoms with van der Waals surface area (Å²) in [5.74, 6) is -1.15. The van der Waals surface area contributed by atoms with Gasteiger partial charge in [-0.2, -0.15) is 13.2 Å². The fourth-order valence-electron chi connectivity index (χ4n) is 4.12. The lowest BCUT2D eigenvalue weighted by molar-refractivity contribution is -0.139. The van der Waals surface area contributed by atoms with Gasteiger partial charge < -0.3 is 10.2 Å². The summed E-state index contributed by atoms with van der Waals surface area (Å²) in [5, 5.41) is 2.84. The zero-order chi connectivity index (χ0) is 30.2. The molecule has 0 unspecified atom stereocenters. The molecule has 1 N–H and O–H groups in total. The van der Waals surface area contributed by atoms with Gasteiger partial charge in [0.2, 0.25) is 11.8 Å². The molecule has 3 rings (SSSR count). The van der Waals surface area contributed by atoms with Crippen LogP contribution in [0.2, 0.25) is 0 Å². The number of sulfonamides is 1.